The Balaban J connectivity index is 1.47. The molecular weight excluding hydrogens is 613 g/mol. The molecule has 0 saturated heterocycles. The Kier molecular flexibility index (Phi) is 8.82. The molecular formula is C33H43F2N5O3SSi. The second-order valence-electron chi connectivity index (χ2n) is 14.5. The highest BCUT2D eigenvalue weighted by molar-refractivity contribution is 7.90. The van der Waals surface area contributed by atoms with E-state index in [2.05, 4.69) is 43.7 Å². The van der Waals surface area contributed by atoms with Crippen molar-refractivity contribution in [1.82, 2.24) is 24.5 Å². The van der Waals surface area contributed by atoms with E-state index in [1.165, 1.54) is 0 Å². The van der Waals surface area contributed by atoms with E-state index in [1.807, 2.05) is 36.4 Å². The summed E-state index contributed by atoms with van der Waals surface area (Å²) in [7, 11) is -1.96. The lowest BCUT2D eigenvalue weighted by Gasteiger charge is -2.45. The molecule has 242 valence electrons. The molecule has 0 amide bonds. The zero-order chi connectivity index (χ0) is 33.0. The van der Waals surface area contributed by atoms with Gasteiger partial charge in [0.1, 0.15) is 4.75 Å². The lowest BCUT2D eigenvalue weighted by molar-refractivity contribution is -0.185. The third-order valence-electron chi connectivity index (χ3n) is 8.89. The Bertz CT molecular complexity index is 1680. The lowest BCUT2D eigenvalue weighted by Crippen LogP contribution is -2.60. The fraction of sp³-hybridized carbons (Fsp3) is 0.485. The molecule has 1 saturated carbocycles. The second kappa shape index (κ2) is 11.8. The van der Waals surface area contributed by atoms with Crippen molar-refractivity contribution >= 4 is 30.6 Å². The Hall–Kier alpha value is -2.74. The summed E-state index contributed by atoms with van der Waals surface area (Å²) in [5.41, 5.74) is 1.02. The van der Waals surface area contributed by atoms with Crippen LogP contribution in [0.15, 0.2) is 60.8 Å². The Morgan fingerprint density at radius 2 is 1.73 bits per heavy atom. The van der Waals surface area contributed by atoms with Crippen LogP contribution in [0.5, 0.6) is 0 Å². The van der Waals surface area contributed by atoms with E-state index >= 15 is 0 Å². The molecule has 1 fully saturated rings. The maximum atomic E-state index is 14.0. The number of hydrogen-bond acceptors (Lipinski definition) is 7. The molecule has 3 heterocycles. The van der Waals surface area contributed by atoms with Crippen molar-refractivity contribution in [1.29, 1.82) is 0 Å². The van der Waals surface area contributed by atoms with E-state index in [1.54, 1.807) is 49.8 Å². The standard InChI is InChI=1S/C33H43F2N5O3SSi/c1-30(2,3)44(42)39-33(41,24-18-32(34,35)19-24)28-13-10-12-26(38-28)22-15-16-23-20-36-40(27(23)17-22)29-14-9-11-25(37-29)21-43-45(7,8)31(4,5)6/h9-17,20,24,39,41H,18-19,21H2,1-8H3. The average molecular weight is 656 g/mol. The molecule has 0 aliphatic heterocycles. The normalized spacial score (nSPS) is 18.0. The summed E-state index contributed by atoms with van der Waals surface area (Å²) in [6.45, 7) is 16.7. The van der Waals surface area contributed by atoms with Crippen LogP contribution in [-0.4, -0.2) is 48.4 Å². The first-order valence-electron chi connectivity index (χ1n) is 15.1. The smallest absolute Gasteiger partial charge is 0.249 e. The van der Waals surface area contributed by atoms with Gasteiger partial charge in [-0.3, -0.25) is 0 Å². The second-order valence-corrected chi connectivity index (χ2v) is 21.3. The number of aliphatic hydroxyl groups is 1. The van der Waals surface area contributed by atoms with Crippen molar-refractivity contribution in [3.8, 4) is 17.1 Å². The van der Waals surface area contributed by atoms with E-state index in [-0.39, 0.29) is 10.7 Å². The molecule has 2 atom stereocenters. The molecule has 3 aromatic heterocycles. The van der Waals surface area contributed by atoms with Crippen molar-refractivity contribution in [2.24, 2.45) is 5.92 Å². The largest absolute Gasteiger partial charge is 0.598 e. The number of aromatic nitrogens is 4. The van der Waals surface area contributed by atoms with Crippen LogP contribution in [-0.2, 0) is 28.1 Å². The highest BCUT2D eigenvalue weighted by Gasteiger charge is 2.58. The highest BCUT2D eigenvalue weighted by atomic mass is 32.2. The fourth-order valence-electron chi connectivity index (χ4n) is 4.90. The predicted molar refractivity (Wildman–Crippen MR) is 177 cm³/mol. The van der Waals surface area contributed by atoms with Gasteiger partial charge in [-0.05, 0) is 69.2 Å². The maximum absolute atomic E-state index is 14.0. The van der Waals surface area contributed by atoms with Gasteiger partial charge in [0.05, 0.1) is 35.4 Å². The minimum atomic E-state index is -2.88. The van der Waals surface area contributed by atoms with E-state index in [4.69, 9.17) is 14.4 Å². The molecule has 4 aromatic rings. The van der Waals surface area contributed by atoms with Crippen molar-refractivity contribution < 1.29 is 22.9 Å². The number of benzene rings is 1. The van der Waals surface area contributed by atoms with Gasteiger partial charge in [-0.25, -0.2) is 23.4 Å². The minimum Gasteiger partial charge on any atom is -0.598 e. The number of halogens is 2. The molecule has 1 aromatic carbocycles. The Morgan fingerprint density at radius 3 is 2.38 bits per heavy atom. The zero-order valence-electron chi connectivity index (χ0n) is 27.2. The number of hydrogen-bond donors (Lipinski definition) is 2. The van der Waals surface area contributed by atoms with E-state index < -0.39 is 54.8 Å². The molecule has 8 nitrogen and oxygen atoms in total. The van der Waals surface area contributed by atoms with Crippen LogP contribution in [0.1, 0.15) is 65.8 Å². The van der Waals surface area contributed by atoms with Crippen molar-refractivity contribution in [3.05, 3.63) is 72.2 Å². The first kappa shape index (κ1) is 33.6. The van der Waals surface area contributed by atoms with Crippen LogP contribution in [0.3, 0.4) is 0 Å². The summed E-state index contributed by atoms with van der Waals surface area (Å²) in [5.74, 6) is -3.09. The van der Waals surface area contributed by atoms with Crippen molar-refractivity contribution in [2.45, 2.75) is 95.5 Å². The summed E-state index contributed by atoms with van der Waals surface area (Å²) >= 11 is -1.73. The van der Waals surface area contributed by atoms with Gasteiger partial charge in [-0.15, -0.1) is 4.72 Å². The first-order chi connectivity index (χ1) is 20.8. The van der Waals surface area contributed by atoms with Crippen LogP contribution in [0, 0.1) is 5.92 Å². The number of fused-ring (bicyclic) bond motifs is 1. The third kappa shape index (κ3) is 7.01. The van der Waals surface area contributed by atoms with Gasteiger partial charge < -0.3 is 14.1 Å². The average Bonchev–Trinajstić information content (AvgIpc) is 3.37. The lowest BCUT2D eigenvalue weighted by atomic mass is 9.73. The molecule has 45 heavy (non-hydrogen) atoms. The molecule has 1 aliphatic carbocycles. The van der Waals surface area contributed by atoms with Gasteiger partial charge in [-0.1, -0.05) is 45.0 Å². The Morgan fingerprint density at radius 1 is 1.04 bits per heavy atom. The van der Waals surface area contributed by atoms with Crippen LogP contribution in [0.25, 0.3) is 28.0 Å². The molecule has 12 heteroatoms. The minimum absolute atomic E-state index is 0.0862. The van der Waals surface area contributed by atoms with Gasteiger partial charge in [0.25, 0.3) is 0 Å². The van der Waals surface area contributed by atoms with E-state index in [0.29, 0.717) is 18.1 Å². The van der Waals surface area contributed by atoms with E-state index in [0.717, 1.165) is 22.2 Å². The summed E-state index contributed by atoms with van der Waals surface area (Å²) < 4.78 is 51.2. The number of alkyl halides is 2. The molecule has 0 spiro atoms. The Labute approximate surface area is 268 Å². The summed E-state index contributed by atoms with van der Waals surface area (Å²) in [5, 5.41) is 17.4. The molecule has 0 radical (unpaired) electrons. The topological polar surface area (TPSA) is 108 Å². The van der Waals surface area contributed by atoms with Crippen LogP contribution < -0.4 is 4.72 Å². The summed E-state index contributed by atoms with van der Waals surface area (Å²) in [6.07, 6.45) is 0.717. The number of rotatable bonds is 9. The third-order valence-corrected chi connectivity index (χ3v) is 15.0. The molecule has 2 N–H and O–H groups in total. The van der Waals surface area contributed by atoms with Gasteiger partial charge in [0, 0.05) is 41.1 Å². The zero-order valence-corrected chi connectivity index (χ0v) is 29.0. The van der Waals surface area contributed by atoms with Crippen LogP contribution in [0.2, 0.25) is 18.1 Å². The maximum Gasteiger partial charge on any atom is 0.249 e. The molecule has 5 rings (SSSR count). The highest BCUT2D eigenvalue weighted by Crippen LogP contribution is 2.50. The SMILES string of the molecule is CC(C)(C)[S+]([O-])NC(O)(c1cccc(-c2ccc3cnn(-c4cccc(CO[Si](C)(C)C(C)(C)C)n4)c3c2)n1)C1CC(F)(F)C1. The monoisotopic (exact) mass is 655 g/mol. The number of nitrogens with one attached hydrogen (secondary N) is 1. The van der Waals surface area contributed by atoms with Crippen molar-refractivity contribution in [3.63, 3.8) is 0 Å². The fourth-order valence-corrected chi connectivity index (χ4v) is 6.70. The molecule has 2 unspecified atom stereocenters. The van der Waals surface area contributed by atoms with Crippen molar-refractivity contribution in [2.75, 3.05) is 0 Å². The molecule has 1 aliphatic rings. The van der Waals surface area contributed by atoms with Gasteiger partial charge >= 0.3 is 0 Å². The van der Waals surface area contributed by atoms with Gasteiger partial charge in [0.2, 0.25) is 11.6 Å². The predicted octanol–water partition coefficient (Wildman–Crippen LogP) is 7.25. The van der Waals surface area contributed by atoms with Gasteiger partial charge in [0.15, 0.2) is 14.1 Å². The van der Waals surface area contributed by atoms with Gasteiger partial charge in [-0.2, -0.15) is 5.10 Å². The number of nitrogens with zero attached hydrogens (tertiary/aromatic N) is 4. The summed E-state index contributed by atoms with van der Waals surface area (Å²) in [6, 6.07) is 16.6. The summed E-state index contributed by atoms with van der Waals surface area (Å²) in [4.78, 5) is 9.57. The van der Waals surface area contributed by atoms with Crippen LogP contribution >= 0.6 is 0 Å². The number of pyridine rings is 2. The molecule has 0 bridgehead atoms. The van der Waals surface area contributed by atoms with E-state index in [9.17, 15) is 18.4 Å². The van der Waals surface area contributed by atoms with Crippen LogP contribution in [0.4, 0.5) is 8.78 Å². The quantitative estimate of drug-likeness (QED) is 0.111. The first-order valence-corrected chi connectivity index (χ1v) is 19.2.